The standard InChI is InChI=1S/C12H17NO2S/c1-9(8-16-2)13-12(15)7-10-4-3-5-11(14)6-10/h3-6,9,14H,7-8H2,1-2H3,(H,13,15). The summed E-state index contributed by atoms with van der Waals surface area (Å²) in [5.74, 6) is 1.10. The topological polar surface area (TPSA) is 49.3 Å². The van der Waals surface area contributed by atoms with Gasteiger partial charge in [-0.05, 0) is 30.9 Å². The Kier molecular flexibility index (Phi) is 5.19. The number of hydrogen-bond acceptors (Lipinski definition) is 3. The molecule has 3 nitrogen and oxygen atoms in total. The lowest BCUT2D eigenvalue weighted by Gasteiger charge is -2.12. The zero-order valence-corrected chi connectivity index (χ0v) is 10.4. The molecule has 88 valence electrons. The van der Waals surface area contributed by atoms with E-state index in [0.717, 1.165) is 11.3 Å². The van der Waals surface area contributed by atoms with E-state index in [0.29, 0.717) is 6.42 Å². The van der Waals surface area contributed by atoms with Crippen molar-refractivity contribution in [1.29, 1.82) is 0 Å². The minimum atomic E-state index is -0.00727. The third-order valence-corrected chi connectivity index (χ3v) is 2.93. The van der Waals surface area contributed by atoms with E-state index in [-0.39, 0.29) is 17.7 Å². The quantitative estimate of drug-likeness (QED) is 0.824. The lowest BCUT2D eigenvalue weighted by Crippen LogP contribution is -2.35. The van der Waals surface area contributed by atoms with Crippen LogP contribution < -0.4 is 5.32 Å². The summed E-state index contributed by atoms with van der Waals surface area (Å²) in [6.45, 7) is 1.98. The second-order valence-electron chi connectivity index (χ2n) is 3.77. The maximum Gasteiger partial charge on any atom is 0.224 e. The van der Waals surface area contributed by atoms with Gasteiger partial charge in [-0.3, -0.25) is 4.79 Å². The average Bonchev–Trinajstić information content (AvgIpc) is 2.17. The smallest absolute Gasteiger partial charge is 0.224 e. The molecule has 0 saturated carbocycles. The fraction of sp³-hybridized carbons (Fsp3) is 0.417. The van der Waals surface area contributed by atoms with Crippen LogP contribution in [0.15, 0.2) is 24.3 Å². The van der Waals surface area contributed by atoms with Gasteiger partial charge in [-0.25, -0.2) is 0 Å². The normalized spacial score (nSPS) is 12.1. The Morgan fingerprint density at radius 1 is 1.56 bits per heavy atom. The zero-order chi connectivity index (χ0) is 12.0. The van der Waals surface area contributed by atoms with Crippen molar-refractivity contribution in [2.75, 3.05) is 12.0 Å². The Morgan fingerprint density at radius 2 is 2.31 bits per heavy atom. The molecule has 1 atom stereocenters. The van der Waals surface area contributed by atoms with E-state index in [9.17, 15) is 9.90 Å². The predicted molar refractivity (Wildman–Crippen MR) is 67.8 cm³/mol. The number of amides is 1. The molecule has 0 spiro atoms. The van der Waals surface area contributed by atoms with Gasteiger partial charge in [-0.1, -0.05) is 12.1 Å². The third kappa shape index (κ3) is 4.57. The Hall–Kier alpha value is -1.16. The Balaban J connectivity index is 2.45. The maximum absolute atomic E-state index is 11.6. The highest BCUT2D eigenvalue weighted by molar-refractivity contribution is 7.98. The number of aromatic hydroxyl groups is 1. The molecule has 0 fully saturated rings. The van der Waals surface area contributed by atoms with Gasteiger partial charge in [0.1, 0.15) is 5.75 Å². The van der Waals surface area contributed by atoms with Crippen LogP contribution in [0.25, 0.3) is 0 Å². The number of thioether (sulfide) groups is 1. The predicted octanol–water partition coefficient (Wildman–Crippen LogP) is 1.80. The summed E-state index contributed by atoms with van der Waals surface area (Å²) in [5.41, 5.74) is 0.828. The second-order valence-corrected chi connectivity index (χ2v) is 4.68. The van der Waals surface area contributed by atoms with Crippen LogP contribution in [0.1, 0.15) is 12.5 Å². The van der Waals surface area contributed by atoms with Crippen LogP contribution in [-0.2, 0) is 11.2 Å². The van der Waals surface area contributed by atoms with Crippen molar-refractivity contribution in [2.24, 2.45) is 0 Å². The molecule has 2 N–H and O–H groups in total. The highest BCUT2D eigenvalue weighted by Crippen LogP contribution is 2.11. The summed E-state index contributed by atoms with van der Waals surface area (Å²) in [6, 6.07) is 6.96. The van der Waals surface area contributed by atoms with Crippen molar-refractivity contribution >= 4 is 17.7 Å². The molecular formula is C12H17NO2S. The van der Waals surface area contributed by atoms with Gasteiger partial charge < -0.3 is 10.4 Å². The maximum atomic E-state index is 11.6. The van der Waals surface area contributed by atoms with Gasteiger partial charge in [0.25, 0.3) is 0 Å². The molecule has 1 aromatic rings. The largest absolute Gasteiger partial charge is 0.508 e. The molecule has 0 aromatic heterocycles. The molecule has 0 aliphatic rings. The monoisotopic (exact) mass is 239 g/mol. The molecule has 0 radical (unpaired) electrons. The van der Waals surface area contributed by atoms with Gasteiger partial charge in [0.2, 0.25) is 5.91 Å². The summed E-state index contributed by atoms with van der Waals surface area (Å²) < 4.78 is 0. The fourth-order valence-electron chi connectivity index (χ4n) is 1.47. The van der Waals surface area contributed by atoms with Crippen molar-refractivity contribution in [3.8, 4) is 5.75 Å². The van der Waals surface area contributed by atoms with Crippen LogP contribution in [0, 0.1) is 0 Å². The lowest BCUT2D eigenvalue weighted by molar-refractivity contribution is -0.120. The molecule has 0 aliphatic heterocycles. The van der Waals surface area contributed by atoms with E-state index in [1.165, 1.54) is 0 Å². The molecule has 0 heterocycles. The minimum Gasteiger partial charge on any atom is -0.508 e. The summed E-state index contributed by atoms with van der Waals surface area (Å²) in [7, 11) is 0. The zero-order valence-electron chi connectivity index (χ0n) is 9.56. The number of hydrogen-bond donors (Lipinski definition) is 2. The highest BCUT2D eigenvalue weighted by Gasteiger charge is 2.07. The van der Waals surface area contributed by atoms with E-state index >= 15 is 0 Å². The number of phenolic OH excluding ortho intramolecular Hbond substituents is 1. The van der Waals surface area contributed by atoms with Crippen molar-refractivity contribution in [3.05, 3.63) is 29.8 Å². The number of carbonyl (C=O) groups excluding carboxylic acids is 1. The first-order chi connectivity index (χ1) is 7.61. The van der Waals surface area contributed by atoms with Crippen LogP contribution >= 0.6 is 11.8 Å². The molecule has 1 unspecified atom stereocenters. The van der Waals surface area contributed by atoms with Gasteiger partial charge in [0, 0.05) is 11.8 Å². The molecule has 0 aliphatic carbocycles. The van der Waals surface area contributed by atoms with Gasteiger partial charge in [0.15, 0.2) is 0 Å². The van der Waals surface area contributed by atoms with Crippen LogP contribution in [0.3, 0.4) is 0 Å². The minimum absolute atomic E-state index is 0.00727. The summed E-state index contributed by atoms with van der Waals surface area (Å²) in [4.78, 5) is 11.6. The summed E-state index contributed by atoms with van der Waals surface area (Å²) in [5, 5.41) is 12.2. The van der Waals surface area contributed by atoms with Crippen LogP contribution in [0.5, 0.6) is 5.75 Å². The van der Waals surface area contributed by atoms with E-state index in [1.807, 2.05) is 19.2 Å². The SMILES string of the molecule is CSCC(C)NC(=O)Cc1cccc(O)c1. The summed E-state index contributed by atoms with van der Waals surface area (Å²) >= 11 is 1.71. The number of phenols is 1. The van der Waals surface area contributed by atoms with E-state index in [1.54, 1.807) is 30.0 Å². The Labute approximate surface area is 100 Å². The lowest BCUT2D eigenvalue weighted by atomic mass is 10.1. The first kappa shape index (κ1) is 12.9. The fourth-order valence-corrected chi connectivity index (χ4v) is 2.05. The van der Waals surface area contributed by atoms with E-state index in [4.69, 9.17) is 0 Å². The molecule has 1 rings (SSSR count). The van der Waals surface area contributed by atoms with Gasteiger partial charge in [-0.2, -0.15) is 11.8 Å². The first-order valence-electron chi connectivity index (χ1n) is 5.18. The number of rotatable bonds is 5. The van der Waals surface area contributed by atoms with Crippen LogP contribution in [0.2, 0.25) is 0 Å². The highest BCUT2D eigenvalue weighted by atomic mass is 32.2. The Morgan fingerprint density at radius 3 is 2.94 bits per heavy atom. The first-order valence-corrected chi connectivity index (χ1v) is 6.57. The number of nitrogens with one attached hydrogen (secondary N) is 1. The van der Waals surface area contributed by atoms with E-state index < -0.39 is 0 Å². The van der Waals surface area contributed by atoms with Gasteiger partial charge in [0.05, 0.1) is 6.42 Å². The molecule has 0 saturated heterocycles. The van der Waals surface area contributed by atoms with Crippen molar-refractivity contribution in [2.45, 2.75) is 19.4 Å². The summed E-state index contributed by atoms with van der Waals surface area (Å²) in [6.07, 6.45) is 2.32. The van der Waals surface area contributed by atoms with Gasteiger partial charge in [-0.15, -0.1) is 0 Å². The molecular weight excluding hydrogens is 222 g/mol. The second kappa shape index (κ2) is 6.43. The van der Waals surface area contributed by atoms with Crippen molar-refractivity contribution in [3.63, 3.8) is 0 Å². The van der Waals surface area contributed by atoms with Gasteiger partial charge >= 0.3 is 0 Å². The molecule has 16 heavy (non-hydrogen) atoms. The van der Waals surface area contributed by atoms with E-state index in [2.05, 4.69) is 5.32 Å². The molecule has 1 amide bonds. The average molecular weight is 239 g/mol. The third-order valence-electron chi connectivity index (χ3n) is 2.10. The Bertz CT molecular complexity index is 355. The molecule has 4 heteroatoms. The van der Waals surface area contributed by atoms with Crippen LogP contribution in [0.4, 0.5) is 0 Å². The molecule has 0 bridgehead atoms. The van der Waals surface area contributed by atoms with Crippen molar-refractivity contribution in [1.82, 2.24) is 5.32 Å². The molecule has 1 aromatic carbocycles. The van der Waals surface area contributed by atoms with Crippen LogP contribution in [-0.4, -0.2) is 29.1 Å². The number of carbonyl (C=O) groups is 1. The van der Waals surface area contributed by atoms with Crippen molar-refractivity contribution < 1.29 is 9.90 Å². The number of benzene rings is 1.